The third kappa shape index (κ3) is 3.43. The van der Waals surface area contributed by atoms with E-state index in [0.717, 1.165) is 11.1 Å². The Labute approximate surface area is 154 Å². The van der Waals surface area contributed by atoms with Gasteiger partial charge in [0, 0.05) is 24.1 Å². The van der Waals surface area contributed by atoms with Gasteiger partial charge in [0.15, 0.2) is 23.0 Å². The molecule has 0 unspecified atom stereocenters. The first kappa shape index (κ1) is 16.6. The zero-order valence-corrected chi connectivity index (χ0v) is 14.7. The van der Waals surface area contributed by atoms with Crippen LogP contribution in [0.15, 0.2) is 48.8 Å². The van der Waals surface area contributed by atoms with Gasteiger partial charge in [-0.05, 0) is 30.3 Å². The van der Waals surface area contributed by atoms with Crippen LogP contribution in [-0.4, -0.2) is 39.4 Å². The minimum absolute atomic E-state index is 0.435. The highest BCUT2D eigenvalue weighted by atomic mass is 16.5. The first-order chi connectivity index (χ1) is 13.3. The Morgan fingerprint density at radius 1 is 0.926 bits per heavy atom. The Balaban J connectivity index is 1.56. The number of anilines is 4. The van der Waals surface area contributed by atoms with E-state index in [1.165, 1.54) is 0 Å². The maximum Gasteiger partial charge on any atom is 0.229 e. The van der Waals surface area contributed by atoms with E-state index in [0.29, 0.717) is 34.7 Å². The second kappa shape index (κ2) is 7.16. The SMILES string of the molecule is COc1ccc(Nc2nccc(Nc3n[nH]c4ncccc34)n2)cc1OC. The Bertz CT molecular complexity index is 1080. The number of rotatable bonds is 6. The van der Waals surface area contributed by atoms with Gasteiger partial charge >= 0.3 is 0 Å². The molecule has 3 N–H and O–H groups in total. The van der Waals surface area contributed by atoms with Crippen LogP contribution in [-0.2, 0) is 0 Å². The Morgan fingerprint density at radius 2 is 1.81 bits per heavy atom. The van der Waals surface area contributed by atoms with Crippen molar-refractivity contribution in [2.24, 2.45) is 0 Å². The minimum atomic E-state index is 0.435. The molecule has 1 aromatic carbocycles. The molecule has 3 heterocycles. The number of hydrogen-bond donors (Lipinski definition) is 3. The molecule has 0 saturated heterocycles. The summed E-state index contributed by atoms with van der Waals surface area (Å²) in [5.74, 6) is 2.95. The number of aromatic nitrogens is 5. The van der Waals surface area contributed by atoms with Crippen molar-refractivity contribution in [2.75, 3.05) is 24.9 Å². The number of aromatic amines is 1. The van der Waals surface area contributed by atoms with Crippen molar-refractivity contribution < 1.29 is 9.47 Å². The second-order valence-corrected chi connectivity index (χ2v) is 5.56. The van der Waals surface area contributed by atoms with E-state index in [-0.39, 0.29) is 0 Å². The Morgan fingerprint density at radius 3 is 2.67 bits per heavy atom. The summed E-state index contributed by atoms with van der Waals surface area (Å²) in [5, 5.41) is 14.3. The smallest absolute Gasteiger partial charge is 0.229 e. The molecule has 0 radical (unpaired) electrons. The molecular formula is C18H17N7O2. The van der Waals surface area contributed by atoms with Crippen LogP contribution in [0.2, 0.25) is 0 Å². The molecule has 0 spiro atoms. The lowest BCUT2D eigenvalue weighted by atomic mass is 10.3. The van der Waals surface area contributed by atoms with Crippen LogP contribution in [0.1, 0.15) is 0 Å². The van der Waals surface area contributed by atoms with Crippen molar-refractivity contribution in [2.45, 2.75) is 0 Å². The van der Waals surface area contributed by atoms with Gasteiger partial charge in [-0.3, -0.25) is 5.10 Å². The van der Waals surface area contributed by atoms with Crippen LogP contribution < -0.4 is 20.1 Å². The number of nitrogens with one attached hydrogen (secondary N) is 3. The summed E-state index contributed by atoms with van der Waals surface area (Å²) in [6.45, 7) is 0. The molecule has 3 aromatic heterocycles. The molecule has 9 heteroatoms. The molecule has 0 amide bonds. The minimum Gasteiger partial charge on any atom is -0.493 e. The van der Waals surface area contributed by atoms with Gasteiger partial charge in [0.2, 0.25) is 5.95 Å². The third-order valence-corrected chi connectivity index (χ3v) is 3.88. The van der Waals surface area contributed by atoms with Crippen molar-refractivity contribution in [1.29, 1.82) is 0 Å². The second-order valence-electron chi connectivity index (χ2n) is 5.56. The van der Waals surface area contributed by atoms with Crippen molar-refractivity contribution in [3.05, 3.63) is 48.8 Å². The number of H-pyrrole nitrogens is 1. The lowest BCUT2D eigenvalue weighted by Crippen LogP contribution is -2.01. The molecule has 9 nitrogen and oxygen atoms in total. The summed E-state index contributed by atoms with van der Waals surface area (Å²) >= 11 is 0. The summed E-state index contributed by atoms with van der Waals surface area (Å²) in [6.07, 6.45) is 3.37. The summed E-state index contributed by atoms with van der Waals surface area (Å²) in [5.41, 5.74) is 1.48. The van der Waals surface area contributed by atoms with Gasteiger partial charge < -0.3 is 20.1 Å². The fraction of sp³-hybridized carbons (Fsp3) is 0.111. The number of hydrogen-bond acceptors (Lipinski definition) is 8. The molecule has 0 aliphatic heterocycles. The summed E-state index contributed by atoms with van der Waals surface area (Å²) in [4.78, 5) is 12.9. The molecule has 4 rings (SSSR count). The van der Waals surface area contributed by atoms with Crippen molar-refractivity contribution >= 4 is 34.3 Å². The van der Waals surface area contributed by atoms with Crippen molar-refractivity contribution in [3.63, 3.8) is 0 Å². The number of ether oxygens (including phenoxy) is 2. The molecule has 4 aromatic rings. The fourth-order valence-electron chi connectivity index (χ4n) is 2.60. The summed E-state index contributed by atoms with van der Waals surface area (Å²) in [6, 6.07) is 11.0. The standard InChI is InChI=1S/C18H17N7O2/c1-26-13-6-5-11(10-14(13)27-2)21-18-20-9-7-15(23-18)22-17-12-4-3-8-19-16(12)24-25-17/h3-10H,1-2H3,(H3,19,20,21,22,23,24,25). The highest BCUT2D eigenvalue weighted by Gasteiger charge is 2.09. The van der Waals surface area contributed by atoms with Gasteiger partial charge in [0.25, 0.3) is 0 Å². The zero-order valence-electron chi connectivity index (χ0n) is 14.7. The van der Waals surface area contributed by atoms with Crippen LogP contribution in [0.4, 0.5) is 23.3 Å². The number of nitrogens with zero attached hydrogens (tertiary/aromatic N) is 4. The van der Waals surface area contributed by atoms with Crippen LogP contribution in [0.25, 0.3) is 11.0 Å². The number of pyridine rings is 1. The summed E-state index contributed by atoms with van der Waals surface area (Å²) < 4.78 is 10.6. The largest absolute Gasteiger partial charge is 0.493 e. The van der Waals surface area contributed by atoms with Crippen molar-refractivity contribution in [3.8, 4) is 11.5 Å². The summed E-state index contributed by atoms with van der Waals surface area (Å²) in [7, 11) is 3.18. The van der Waals surface area contributed by atoms with E-state index in [1.807, 2.05) is 30.3 Å². The Kier molecular flexibility index (Phi) is 4.40. The average Bonchev–Trinajstić information content (AvgIpc) is 3.11. The van der Waals surface area contributed by atoms with Crippen LogP contribution in [0.3, 0.4) is 0 Å². The lowest BCUT2D eigenvalue weighted by molar-refractivity contribution is 0.355. The van der Waals surface area contributed by atoms with E-state index in [2.05, 4.69) is 35.8 Å². The monoisotopic (exact) mass is 363 g/mol. The average molecular weight is 363 g/mol. The van der Waals surface area contributed by atoms with Gasteiger partial charge in [-0.2, -0.15) is 10.1 Å². The van der Waals surface area contributed by atoms with Gasteiger partial charge in [-0.15, -0.1) is 0 Å². The van der Waals surface area contributed by atoms with Crippen LogP contribution >= 0.6 is 0 Å². The van der Waals surface area contributed by atoms with E-state index < -0.39 is 0 Å². The van der Waals surface area contributed by atoms with Gasteiger partial charge in [-0.1, -0.05) is 0 Å². The third-order valence-electron chi connectivity index (χ3n) is 3.88. The van der Waals surface area contributed by atoms with E-state index in [4.69, 9.17) is 9.47 Å². The molecule has 0 aliphatic rings. The number of fused-ring (bicyclic) bond motifs is 1. The van der Waals surface area contributed by atoms with Gasteiger partial charge in [-0.25, -0.2) is 9.97 Å². The van der Waals surface area contributed by atoms with Crippen molar-refractivity contribution in [1.82, 2.24) is 25.1 Å². The molecule has 0 fully saturated rings. The van der Waals surface area contributed by atoms with E-state index in [1.54, 1.807) is 32.7 Å². The predicted molar refractivity (Wildman–Crippen MR) is 102 cm³/mol. The topological polar surface area (TPSA) is 110 Å². The predicted octanol–water partition coefficient (Wildman–Crippen LogP) is 3.25. The fourth-order valence-corrected chi connectivity index (χ4v) is 2.60. The molecule has 0 saturated carbocycles. The normalized spacial score (nSPS) is 10.6. The molecular weight excluding hydrogens is 346 g/mol. The van der Waals surface area contributed by atoms with Crippen LogP contribution in [0, 0.1) is 0 Å². The maximum atomic E-state index is 5.31. The first-order valence-electron chi connectivity index (χ1n) is 8.15. The highest BCUT2D eigenvalue weighted by molar-refractivity contribution is 5.88. The molecule has 136 valence electrons. The Hall–Kier alpha value is -3.88. The van der Waals surface area contributed by atoms with Crippen LogP contribution in [0.5, 0.6) is 11.5 Å². The van der Waals surface area contributed by atoms with Gasteiger partial charge in [0.05, 0.1) is 19.6 Å². The van der Waals surface area contributed by atoms with Gasteiger partial charge in [0.1, 0.15) is 5.82 Å². The molecule has 0 bridgehead atoms. The maximum absolute atomic E-state index is 5.31. The van der Waals surface area contributed by atoms with E-state index >= 15 is 0 Å². The molecule has 27 heavy (non-hydrogen) atoms. The molecule has 0 aliphatic carbocycles. The number of benzene rings is 1. The molecule has 0 atom stereocenters. The van der Waals surface area contributed by atoms with E-state index in [9.17, 15) is 0 Å². The highest BCUT2D eigenvalue weighted by Crippen LogP contribution is 2.30. The zero-order chi connectivity index (χ0) is 18.6. The number of methoxy groups -OCH3 is 2. The first-order valence-corrected chi connectivity index (χ1v) is 8.15. The quantitative estimate of drug-likeness (QED) is 0.479. The lowest BCUT2D eigenvalue weighted by Gasteiger charge is -2.11.